The Hall–Kier alpha value is -3.39. The zero-order valence-corrected chi connectivity index (χ0v) is 17.2. The molecule has 2 amide bonds. The third-order valence-corrected chi connectivity index (χ3v) is 4.91. The van der Waals surface area contributed by atoms with Gasteiger partial charge in [0.25, 0.3) is 5.91 Å². The van der Waals surface area contributed by atoms with Gasteiger partial charge in [0.05, 0.1) is 6.61 Å². The third kappa shape index (κ3) is 6.55. The summed E-state index contributed by atoms with van der Waals surface area (Å²) in [6.07, 6.45) is 0.977. The van der Waals surface area contributed by atoms with Crippen molar-refractivity contribution in [2.45, 2.75) is 31.4 Å². The maximum Gasteiger partial charge on any atom is 0.407 e. The number of amides is 2. The summed E-state index contributed by atoms with van der Waals surface area (Å²) in [4.78, 5) is 36.9. The van der Waals surface area contributed by atoms with Crippen molar-refractivity contribution in [3.63, 3.8) is 0 Å². The van der Waals surface area contributed by atoms with Crippen LogP contribution in [0.25, 0.3) is 0 Å². The Morgan fingerprint density at radius 3 is 2.42 bits per heavy atom. The molecule has 1 saturated heterocycles. The molecule has 1 heterocycles. The van der Waals surface area contributed by atoms with Crippen LogP contribution in [0.3, 0.4) is 0 Å². The normalized spacial score (nSPS) is 18.0. The van der Waals surface area contributed by atoms with Crippen molar-refractivity contribution in [2.75, 3.05) is 19.9 Å². The average molecular weight is 426 g/mol. The van der Waals surface area contributed by atoms with Gasteiger partial charge in [-0.1, -0.05) is 48.5 Å². The molecule has 0 saturated carbocycles. The van der Waals surface area contributed by atoms with Crippen LogP contribution in [0.1, 0.15) is 35.2 Å². The van der Waals surface area contributed by atoms with Crippen LogP contribution in [-0.2, 0) is 25.6 Å². The van der Waals surface area contributed by atoms with E-state index in [1.54, 1.807) is 24.3 Å². The summed E-state index contributed by atoms with van der Waals surface area (Å²) in [5.41, 5.74) is 0.103. The number of alkyl carbamates (subject to hydrolysis) is 1. The highest BCUT2D eigenvalue weighted by atomic mass is 16.7. The molecule has 2 aromatic rings. The number of hydrogen-bond acceptors (Lipinski definition) is 6. The van der Waals surface area contributed by atoms with Crippen molar-refractivity contribution >= 4 is 18.0 Å². The fraction of sp³-hybridized carbons (Fsp3) is 0.348. The van der Waals surface area contributed by atoms with Crippen LogP contribution in [0, 0.1) is 0 Å². The molecule has 2 N–H and O–H groups in total. The number of unbranched alkanes of at least 4 members (excludes halogenated alkanes) is 1. The van der Waals surface area contributed by atoms with Crippen molar-refractivity contribution in [1.29, 1.82) is 0 Å². The molecule has 0 bridgehead atoms. The topological polar surface area (TPSA) is 103 Å². The largest absolute Gasteiger partial charge is 0.445 e. The summed E-state index contributed by atoms with van der Waals surface area (Å²) in [7, 11) is 0. The molecular weight excluding hydrogens is 400 g/mol. The molecule has 31 heavy (non-hydrogen) atoms. The Kier molecular flexibility index (Phi) is 8.00. The van der Waals surface area contributed by atoms with Gasteiger partial charge in [0.15, 0.2) is 12.3 Å². The highest BCUT2D eigenvalue weighted by Gasteiger charge is 2.44. The monoisotopic (exact) mass is 426 g/mol. The standard InChI is InChI=1S/C23H26N2O6/c26-20(19-11-5-2-6-12-19)25-23(16-29-17-31-21(23)27)13-7-8-14-24-22(28)30-15-18-9-3-1-4-10-18/h1-6,9-12H,7-8,13-17H2,(H,24,28)(H,25,26). The Balaban J connectivity index is 1.44. The minimum Gasteiger partial charge on any atom is -0.445 e. The van der Waals surface area contributed by atoms with Crippen LogP contribution >= 0.6 is 0 Å². The first-order valence-electron chi connectivity index (χ1n) is 10.2. The first-order valence-corrected chi connectivity index (χ1v) is 10.2. The lowest BCUT2D eigenvalue weighted by molar-refractivity contribution is -0.185. The molecule has 0 radical (unpaired) electrons. The zero-order valence-electron chi connectivity index (χ0n) is 17.2. The van der Waals surface area contributed by atoms with E-state index in [1.807, 2.05) is 36.4 Å². The van der Waals surface area contributed by atoms with Crippen LogP contribution in [0.15, 0.2) is 60.7 Å². The summed E-state index contributed by atoms with van der Waals surface area (Å²) >= 11 is 0. The molecule has 0 aliphatic carbocycles. The van der Waals surface area contributed by atoms with Gasteiger partial charge >= 0.3 is 12.1 Å². The first kappa shape index (κ1) is 22.3. The maximum absolute atomic E-state index is 12.6. The summed E-state index contributed by atoms with van der Waals surface area (Å²) in [6, 6.07) is 18.1. The Morgan fingerprint density at radius 2 is 1.71 bits per heavy atom. The molecule has 0 aromatic heterocycles. The third-order valence-electron chi connectivity index (χ3n) is 4.91. The Morgan fingerprint density at radius 1 is 1.00 bits per heavy atom. The number of carbonyl (C=O) groups excluding carboxylic acids is 3. The van der Waals surface area contributed by atoms with Gasteiger partial charge in [0, 0.05) is 12.1 Å². The number of carbonyl (C=O) groups is 3. The smallest absolute Gasteiger partial charge is 0.407 e. The van der Waals surface area contributed by atoms with Gasteiger partial charge in [-0.2, -0.15) is 0 Å². The quantitative estimate of drug-likeness (QED) is 0.472. The fourth-order valence-electron chi connectivity index (χ4n) is 3.23. The lowest BCUT2D eigenvalue weighted by atomic mass is 9.92. The average Bonchev–Trinajstić information content (AvgIpc) is 2.80. The zero-order chi connectivity index (χ0) is 21.9. The molecule has 1 aliphatic heterocycles. The molecule has 8 nitrogen and oxygen atoms in total. The molecule has 1 unspecified atom stereocenters. The van der Waals surface area contributed by atoms with Gasteiger partial charge in [0.1, 0.15) is 6.61 Å². The second-order valence-electron chi connectivity index (χ2n) is 7.25. The van der Waals surface area contributed by atoms with Crippen molar-refractivity contribution in [3.05, 3.63) is 71.8 Å². The number of cyclic esters (lactones) is 1. The van der Waals surface area contributed by atoms with Crippen LogP contribution in [0.4, 0.5) is 4.79 Å². The van der Waals surface area contributed by atoms with Gasteiger partial charge in [-0.3, -0.25) is 4.79 Å². The van der Waals surface area contributed by atoms with E-state index in [4.69, 9.17) is 14.2 Å². The van der Waals surface area contributed by atoms with Gasteiger partial charge in [0.2, 0.25) is 0 Å². The molecule has 1 fully saturated rings. The lowest BCUT2D eigenvalue weighted by Gasteiger charge is -2.35. The van der Waals surface area contributed by atoms with Crippen molar-refractivity contribution < 1.29 is 28.6 Å². The molecule has 0 spiro atoms. The fourth-order valence-corrected chi connectivity index (χ4v) is 3.23. The molecular formula is C23H26N2O6. The maximum atomic E-state index is 12.6. The van der Waals surface area contributed by atoms with E-state index in [0.717, 1.165) is 5.56 Å². The van der Waals surface area contributed by atoms with Crippen molar-refractivity contribution in [1.82, 2.24) is 10.6 Å². The van der Waals surface area contributed by atoms with Crippen LogP contribution in [0.5, 0.6) is 0 Å². The summed E-state index contributed by atoms with van der Waals surface area (Å²) in [5.74, 6) is -0.885. The van der Waals surface area contributed by atoms with E-state index in [0.29, 0.717) is 31.4 Å². The predicted molar refractivity (Wildman–Crippen MR) is 112 cm³/mol. The molecule has 2 aromatic carbocycles. The minimum atomic E-state index is -1.25. The van der Waals surface area contributed by atoms with E-state index >= 15 is 0 Å². The molecule has 164 valence electrons. The summed E-state index contributed by atoms with van der Waals surface area (Å²) < 4.78 is 15.5. The highest BCUT2D eigenvalue weighted by Crippen LogP contribution is 2.22. The second kappa shape index (κ2) is 11.1. The van der Waals surface area contributed by atoms with E-state index in [-0.39, 0.29) is 25.9 Å². The van der Waals surface area contributed by atoms with E-state index in [9.17, 15) is 14.4 Å². The van der Waals surface area contributed by atoms with Crippen molar-refractivity contribution in [2.24, 2.45) is 0 Å². The van der Waals surface area contributed by atoms with E-state index in [2.05, 4.69) is 10.6 Å². The number of rotatable bonds is 9. The Bertz CT molecular complexity index is 874. The minimum absolute atomic E-state index is 0.0386. The van der Waals surface area contributed by atoms with E-state index in [1.165, 1.54) is 0 Å². The van der Waals surface area contributed by atoms with Crippen LogP contribution in [-0.4, -0.2) is 43.5 Å². The predicted octanol–water partition coefficient (Wildman–Crippen LogP) is 2.78. The van der Waals surface area contributed by atoms with E-state index < -0.39 is 17.6 Å². The number of ether oxygens (including phenoxy) is 3. The second-order valence-corrected chi connectivity index (χ2v) is 7.25. The molecule has 8 heteroatoms. The number of nitrogens with one attached hydrogen (secondary N) is 2. The molecule has 1 aliphatic rings. The van der Waals surface area contributed by atoms with Crippen LogP contribution in [0.2, 0.25) is 0 Å². The molecule has 1 atom stereocenters. The van der Waals surface area contributed by atoms with Crippen molar-refractivity contribution in [3.8, 4) is 0 Å². The summed E-state index contributed by atoms with van der Waals surface area (Å²) in [6.45, 7) is 0.490. The van der Waals surface area contributed by atoms with Crippen LogP contribution < -0.4 is 10.6 Å². The first-order chi connectivity index (χ1) is 15.1. The number of benzene rings is 2. The SMILES string of the molecule is O=C(NCCCCC1(NC(=O)c2ccccc2)COCOC1=O)OCc1ccccc1. The lowest BCUT2D eigenvalue weighted by Crippen LogP contribution is -2.60. The van der Waals surface area contributed by atoms with Gasteiger partial charge in [-0.15, -0.1) is 0 Å². The molecule has 3 rings (SSSR count). The van der Waals surface area contributed by atoms with Gasteiger partial charge in [-0.25, -0.2) is 9.59 Å². The number of hydrogen-bond donors (Lipinski definition) is 2. The van der Waals surface area contributed by atoms with Gasteiger partial charge < -0.3 is 24.8 Å². The number of esters is 1. The van der Waals surface area contributed by atoms with Gasteiger partial charge in [-0.05, 0) is 37.0 Å². The highest BCUT2D eigenvalue weighted by molar-refractivity contribution is 5.98. The summed E-state index contributed by atoms with van der Waals surface area (Å²) in [5, 5.41) is 5.47. The Labute approximate surface area is 180 Å².